The summed E-state index contributed by atoms with van der Waals surface area (Å²) in [4.78, 5) is 12.0. The molecule has 118 valence electrons. The van der Waals surface area contributed by atoms with E-state index in [1.807, 2.05) is 51.1 Å². The van der Waals surface area contributed by atoms with Crippen molar-refractivity contribution in [3.05, 3.63) is 35.9 Å². The lowest BCUT2D eigenvalue weighted by Crippen LogP contribution is -2.55. The van der Waals surface area contributed by atoms with Gasteiger partial charge in [0.25, 0.3) is 0 Å². The van der Waals surface area contributed by atoms with Crippen molar-refractivity contribution in [3.8, 4) is 0 Å². The summed E-state index contributed by atoms with van der Waals surface area (Å²) in [6, 6.07) is 9.28. The van der Waals surface area contributed by atoms with E-state index in [9.17, 15) is 9.90 Å². The topological polar surface area (TPSA) is 58.6 Å². The van der Waals surface area contributed by atoms with Gasteiger partial charge in [-0.15, -0.1) is 0 Å². The second-order valence-electron chi connectivity index (χ2n) is 5.79. The van der Waals surface area contributed by atoms with Gasteiger partial charge in [-0.3, -0.25) is 5.32 Å². The number of hydrogen-bond donors (Lipinski definition) is 2. The number of ether oxygens (including phenoxy) is 1. The summed E-state index contributed by atoms with van der Waals surface area (Å²) in [5, 5.41) is 13.0. The molecule has 2 unspecified atom stereocenters. The fraction of sp³-hybridized carbons (Fsp3) is 0.588. The van der Waals surface area contributed by atoms with E-state index < -0.39 is 11.5 Å². The van der Waals surface area contributed by atoms with Crippen LogP contribution in [0, 0.1) is 0 Å². The minimum atomic E-state index is -1.21. The molecule has 1 aromatic rings. The third kappa shape index (κ3) is 4.83. The Morgan fingerprint density at radius 3 is 2.38 bits per heavy atom. The van der Waals surface area contributed by atoms with Gasteiger partial charge in [-0.05, 0) is 32.8 Å². The molecular weight excluding hydrogens is 266 g/mol. The minimum absolute atomic E-state index is 0.0337. The molecule has 2 N–H and O–H groups in total. The summed E-state index contributed by atoms with van der Waals surface area (Å²) in [5.74, 6) is -0.911. The molecule has 4 nitrogen and oxygen atoms in total. The Hall–Kier alpha value is -1.39. The summed E-state index contributed by atoms with van der Waals surface area (Å²) in [7, 11) is 0. The van der Waals surface area contributed by atoms with Crippen molar-refractivity contribution in [1.29, 1.82) is 0 Å². The van der Waals surface area contributed by atoms with Gasteiger partial charge in [-0.2, -0.15) is 0 Å². The number of carbonyl (C=O) groups is 1. The Bertz CT molecular complexity index is 433. The molecule has 0 saturated heterocycles. The molecular formula is C17H27NO3. The first-order valence-electron chi connectivity index (χ1n) is 7.60. The highest BCUT2D eigenvalue weighted by molar-refractivity contribution is 5.81. The number of rotatable bonds is 9. The first kappa shape index (κ1) is 17.7. The lowest BCUT2D eigenvalue weighted by Gasteiger charge is -2.34. The summed E-state index contributed by atoms with van der Waals surface area (Å²) in [6.07, 6.45) is 1.99. The van der Waals surface area contributed by atoms with E-state index in [1.54, 1.807) is 0 Å². The summed E-state index contributed by atoms with van der Waals surface area (Å²) in [5.41, 5.74) is -0.493. The normalized spacial score (nSPS) is 15.7. The number of carboxylic acids is 1. The Morgan fingerprint density at radius 1 is 1.29 bits per heavy atom. The van der Waals surface area contributed by atoms with Crippen LogP contribution in [0.4, 0.5) is 0 Å². The first-order chi connectivity index (χ1) is 9.92. The molecule has 0 aliphatic heterocycles. The van der Waals surface area contributed by atoms with Gasteiger partial charge in [0.15, 0.2) is 5.54 Å². The van der Waals surface area contributed by atoms with Crippen molar-refractivity contribution < 1.29 is 14.6 Å². The Balaban J connectivity index is 3.05. The standard InChI is InChI=1S/C17H27NO3/c1-5-9-14(4)21-12-17(16(19)20,18-13(2)3)15-10-7-6-8-11-15/h6-8,10-11,13-14,18H,5,9,12H2,1-4H3,(H,19,20). The smallest absolute Gasteiger partial charge is 0.331 e. The molecule has 2 atom stereocenters. The molecule has 1 aromatic carbocycles. The van der Waals surface area contributed by atoms with Gasteiger partial charge in [-0.1, -0.05) is 43.7 Å². The number of aliphatic carboxylic acids is 1. The van der Waals surface area contributed by atoms with Crippen LogP contribution in [0.2, 0.25) is 0 Å². The predicted octanol–water partition coefficient (Wildman–Crippen LogP) is 3.17. The van der Waals surface area contributed by atoms with Crippen molar-refractivity contribution >= 4 is 5.97 Å². The molecule has 0 radical (unpaired) electrons. The second-order valence-corrected chi connectivity index (χ2v) is 5.79. The molecule has 0 saturated carbocycles. The fourth-order valence-electron chi connectivity index (χ4n) is 2.43. The lowest BCUT2D eigenvalue weighted by molar-refractivity contribution is -0.150. The highest BCUT2D eigenvalue weighted by atomic mass is 16.5. The van der Waals surface area contributed by atoms with Crippen LogP contribution >= 0.6 is 0 Å². The molecule has 0 heterocycles. The maximum Gasteiger partial charge on any atom is 0.331 e. The van der Waals surface area contributed by atoms with Crippen molar-refractivity contribution in [2.75, 3.05) is 6.61 Å². The van der Waals surface area contributed by atoms with E-state index in [1.165, 1.54) is 0 Å². The quantitative estimate of drug-likeness (QED) is 0.734. The highest BCUT2D eigenvalue weighted by Crippen LogP contribution is 2.24. The van der Waals surface area contributed by atoms with Crippen molar-refractivity contribution in [2.24, 2.45) is 0 Å². The van der Waals surface area contributed by atoms with Crippen molar-refractivity contribution in [1.82, 2.24) is 5.32 Å². The van der Waals surface area contributed by atoms with Crippen molar-refractivity contribution in [2.45, 2.75) is 58.2 Å². The van der Waals surface area contributed by atoms with Crippen LogP contribution in [0.5, 0.6) is 0 Å². The zero-order valence-corrected chi connectivity index (χ0v) is 13.4. The molecule has 0 aliphatic rings. The van der Waals surface area contributed by atoms with E-state index in [-0.39, 0.29) is 18.8 Å². The largest absolute Gasteiger partial charge is 0.480 e. The molecule has 0 aliphatic carbocycles. The van der Waals surface area contributed by atoms with Crippen molar-refractivity contribution in [3.63, 3.8) is 0 Å². The van der Waals surface area contributed by atoms with Gasteiger partial charge < -0.3 is 9.84 Å². The summed E-state index contributed by atoms with van der Waals surface area (Å²) in [6.45, 7) is 8.07. The maximum absolute atomic E-state index is 12.0. The lowest BCUT2D eigenvalue weighted by atomic mass is 9.89. The van der Waals surface area contributed by atoms with E-state index in [0.29, 0.717) is 0 Å². The number of carboxylic acid groups (broad SMARTS) is 1. The van der Waals surface area contributed by atoms with Crippen LogP contribution in [0.3, 0.4) is 0 Å². The van der Waals surface area contributed by atoms with E-state index in [0.717, 1.165) is 18.4 Å². The van der Waals surface area contributed by atoms with Crippen LogP contribution in [0.15, 0.2) is 30.3 Å². The van der Waals surface area contributed by atoms with Gasteiger partial charge in [0.1, 0.15) is 0 Å². The van der Waals surface area contributed by atoms with Crippen LogP contribution in [0.25, 0.3) is 0 Å². The summed E-state index contributed by atoms with van der Waals surface area (Å²) < 4.78 is 5.82. The van der Waals surface area contributed by atoms with E-state index >= 15 is 0 Å². The van der Waals surface area contributed by atoms with Crippen LogP contribution in [-0.4, -0.2) is 29.8 Å². The van der Waals surface area contributed by atoms with Crippen LogP contribution < -0.4 is 5.32 Å². The number of hydrogen-bond acceptors (Lipinski definition) is 3. The van der Waals surface area contributed by atoms with Crippen LogP contribution in [0.1, 0.15) is 46.1 Å². The fourth-order valence-corrected chi connectivity index (χ4v) is 2.43. The van der Waals surface area contributed by atoms with E-state index in [2.05, 4.69) is 12.2 Å². The SMILES string of the molecule is CCCC(C)OCC(NC(C)C)(C(=O)O)c1ccccc1. The summed E-state index contributed by atoms with van der Waals surface area (Å²) >= 11 is 0. The molecule has 1 rings (SSSR count). The molecule has 0 spiro atoms. The molecule has 0 amide bonds. The van der Waals surface area contributed by atoms with Gasteiger partial charge in [0, 0.05) is 6.04 Å². The molecule has 0 aromatic heterocycles. The Labute approximate surface area is 127 Å². The van der Waals surface area contributed by atoms with Gasteiger partial charge in [-0.25, -0.2) is 4.79 Å². The molecule has 0 bridgehead atoms. The maximum atomic E-state index is 12.0. The van der Waals surface area contributed by atoms with Crippen LogP contribution in [-0.2, 0) is 15.1 Å². The predicted molar refractivity (Wildman–Crippen MR) is 84.3 cm³/mol. The average Bonchev–Trinajstić information content (AvgIpc) is 2.44. The molecule has 4 heteroatoms. The van der Waals surface area contributed by atoms with Gasteiger partial charge in [0.05, 0.1) is 12.7 Å². The van der Waals surface area contributed by atoms with Gasteiger partial charge >= 0.3 is 5.97 Å². The van der Waals surface area contributed by atoms with Gasteiger partial charge in [0.2, 0.25) is 0 Å². The average molecular weight is 293 g/mol. The van der Waals surface area contributed by atoms with E-state index in [4.69, 9.17) is 4.74 Å². The minimum Gasteiger partial charge on any atom is -0.480 e. The molecule has 0 fully saturated rings. The Kier molecular flexibility index (Phi) is 6.85. The molecule has 21 heavy (non-hydrogen) atoms. The Morgan fingerprint density at radius 2 is 1.90 bits per heavy atom. The number of benzene rings is 1. The monoisotopic (exact) mass is 293 g/mol. The zero-order chi connectivity index (χ0) is 15.9. The highest BCUT2D eigenvalue weighted by Gasteiger charge is 2.41. The third-order valence-electron chi connectivity index (χ3n) is 3.45. The number of nitrogens with one attached hydrogen (secondary N) is 1. The second kappa shape index (κ2) is 8.15. The first-order valence-corrected chi connectivity index (χ1v) is 7.60. The third-order valence-corrected chi connectivity index (χ3v) is 3.45. The zero-order valence-electron chi connectivity index (χ0n) is 13.4.